The highest BCUT2D eigenvalue weighted by molar-refractivity contribution is 7.47. The normalized spacial score (nSPS) is 25.3. The van der Waals surface area contributed by atoms with Gasteiger partial charge in [-0.25, -0.2) is 4.57 Å². The van der Waals surface area contributed by atoms with Crippen LogP contribution in [0.15, 0.2) is 24.3 Å². The Labute approximate surface area is 312 Å². The van der Waals surface area contributed by atoms with E-state index in [2.05, 4.69) is 31.3 Å². The topological polar surface area (TPSA) is 226 Å². The fourth-order valence-electron chi connectivity index (χ4n) is 6.18. The average Bonchev–Trinajstić information content (AvgIpc) is 3.11. The molecule has 0 aromatic carbocycles. The number of hydrogen-bond donors (Lipinski definition) is 9. The molecule has 1 aliphatic rings. The van der Waals surface area contributed by atoms with E-state index in [0.29, 0.717) is 19.3 Å². The van der Waals surface area contributed by atoms with Gasteiger partial charge in [0.15, 0.2) is 0 Å². The third kappa shape index (κ3) is 21.6. The number of phosphoric acid groups is 1. The number of amides is 1. The summed E-state index contributed by atoms with van der Waals surface area (Å²) in [7, 11) is -5.13. The number of carbonyl (C=O) groups excluding carboxylic acids is 1. The molecule has 9 N–H and O–H groups in total. The summed E-state index contributed by atoms with van der Waals surface area (Å²) in [5.74, 6) is -0.613. The molecule has 1 rings (SSSR count). The zero-order valence-electron chi connectivity index (χ0n) is 31.7. The molecule has 0 aromatic rings. The van der Waals surface area contributed by atoms with E-state index in [0.717, 1.165) is 38.5 Å². The highest BCUT2D eigenvalue weighted by Gasteiger charge is 2.51. The first-order valence-corrected chi connectivity index (χ1v) is 21.4. The molecular weight excluding hydrogens is 693 g/mol. The molecule has 306 valence electrons. The summed E-state index contributed by atoms with van der Waals surface area (Å²) in [6, 6.07) is -1.24. The van der Waals surface area contributed by atoms with Gasteiger partial charge in [-0.1, -0.05) is 122 Å². The van der Waals surface area contributed by atoms with E-state index >= 15 is 0 Å². The van der Waals surface area contributed by atoms with Gasteiger partial charge < -0.3 is 46.0 Å². The van der Waals surface area contributed by atoms with Crippen molar-refractivity contribution in [2.45, 2.75) is 204 Å². The SMILES string of the molecule is CCCCCCCC/C=C\CCCC(O)CC(=O)NC(COP(=O)(O)OC1C(O)C(O)C(O)C(O)C1O)C(O)/C=C/CCCCCCCCCCC. The summed E-state index contributed by atoms with van der Waals surface area (Å²) in [5.41, 5.74) is 0. The number of allylic oxidation sites excluding steroid dienone is 3. The average molecular weight is 766 g/mol. The quantitative estimate of drug-likeness (QED) is 0.0262. The van der Waals surface area contributed by atoms with Gasteiger partial charge in [-0.3, -0.25) is 13.8 Å². The van der Waals surface area contributed by atoms with Crippen molar-refractivity contribution in [3.63, 3.8) is 0 Å². The summed E-state index contributed by atoms with van der Waals surface area (Å²) in [6.45, 7) is 3.65. The minimum absolute atomic E-state index is 0.265. The van der Waals surface area contributed by atoms with Gasteiger partial charge in [-0.15, -0.1) is 0 Å². The van der Waals surface area contributed by atoms with Gasteiger partial charge >= 0.3 is 7.82 Å². The number of phosphoric ester groups is 1. The minimum atomic E-state index is -5.13. The maximum Gasteiger partial charge on any atom is 0.472 e. The van der Waals surface area contributed by atoms with Crippen molar-refractivity contribution in [2.24, 2.45) is 0 Å². The Bertz CT molecular complexity index is 1000. The van der Waals surface area contributed by atoms with Crippen molar-refractivity contribution in [1.82, 2.24) is 5.32 Å². The van der Waals surface area contributed by atoms with E-state index in [4.69, 9.17) is 9.05 Å². The Balaban J connectivity index is 2.68. The predicted molar refractivity (Wildman–Crippen MR) is 201 cm³/mol. The molecule has 1 saturated carbocycles. The number of rotatable bonds is 31. The van der Waals surface area contributed by atoms with Crippen LogP contribution in [0.3, 0.4) is 0 Å². The third-order valence-electron chi connectivity index (χ3n) is 9.53. The fraction of sp³-hybridized carbons (Fsp3) is 0.868. The minimum Gasteiger partial charge on any atom is -0.393 e. The van der Waals surface area contributed by atoms with Gasteiger partial charge in [0, 0.05) is 0 Å². The van der Waals surface area contributed by atoms with Crippen LogP contribution < -0.4 is 5.32 Å². The van der Waals surface area contributed by atoms with Gasteiger partial charge in [0.2, 0.25) is 5.91 Å². The summed E-state index contributed by atoms with van der Waals surface area (Å²) in [6.07, 6.45) is 14.4. The van der Waals surface area contributed by atoms with Crippen molar-refractivity contribution < 1.29 is 59.0 Å². The van der Waals surface area contributed by atoms with Gasteiger partial charge in [0.05, 0.1) is 31.3 Å². The summed E-state index contributed by atoms with van der Waals surface area (Å²) in [5, 5.41) is 74.0. The summed E-state index contributed by atoms with van der Waals surface area (Å²) >= 11 is 0. The molecule has 1 amide bonds. The van der Waals surface area contributed by atoms with E-state index in [-0.39, 0.29) is 6.42 Å². The van der Waals surface area contributed by atoms with Crippen molar-refractivity contribution in [3.05, 3.63) is 24.3 Å². The molecule has 0 aromatic heterocycles. The van der Waals surface area contributed by atoms with E-state index in [1.807, 2.05) is 0 Å². The smallest absolute Gasteiger partial charge is 0.393 e. The molecule has 0 heterocycles. The lowest BCUT2D eigenvalue weighted by Gasteiger charge is -2.41. The molecule has 14 heteroatoms. The Kier molecular flexibility index (Phi) is 27.3. The standard InChI is InChI=1S/C38H72NO12P/c1-3-5-7-9-11-13-15-17-19-21-23-25-29(40)27-32(42)39-30(31(41)26-24-22-20-18-16-14-12-10-8-6-4-2)28-50-52(48,49)51-38-36(46)34(44)33(43)35(45)37(38)47/h17,19,24,26,29-31,33-38,40-41,43-47H,3-16,18,20-23,25,27-28H2,1-2H3,(H,39,42)(H,48,49)/b19-17-,26-24+. The number of nitrogens with one attached hydrogen (secondary N) is 1. The van der Waals surface area contributed by atoms with Crippen molar-refractivity contribution in [1.29, 1.82) is 0 Å². The fourth-order valence-corrected chi connectivity index (χ4v) is 7.15. The molecule has 52 heavy (non-hydrogen) atoms. The Hall–Kier alpha value is -1.22. The predicted octanol–water partition coefficient (Wildman–Crippen LogP) is 4.86. The van der Waals surface area contributed by atoms with Crippen LogP contribution in [0.4, 0.5) is 0 Å². The van der Waals surface area contributed by atoms with Crippen LogP contribution in [0.25, 0.3) is 0 Å². The number of hydrogen-bond acceptors (Lipinski definition) is 11. The molecular formula is C38H72NO12P. The molecule has 1 aliphatic carbocycles. The molecule has 0 radical (unpaired) electrons. The molecule has 0 saturated heterocycles. The first-order chi connectivity index (χ1) is 24.8. The monoisotopic (exact) mass is 765 g/mol. The van der Waals surface area contributed by atoms with Gasteiger partial charge in [0.25, 0.3) is 0 Å². The lowest BCUT2D eigenvalue weighted by Crippen LogP contribution is -2.64. The second-order valence-electron chi connectivity index (χ2n) is 14.3. The van der Waals surface area contributed by atoms with Crippen LogP contribution in [0.5, 0.6) is 0 Å². The second kappa shape index (κ2) is 29.1. The van der Waals surface area contributed by atoms with Gasteiger partial charge in [0.1, 0.15) is 36.6 Å². The molecule has 8 unspecified atom stereocenters. The zero-order chi connectivity index (χ0) is 38.8. The lowest BCUT2D eigenvalue weighted by molar-refractivity contribution is -0.220. The number of carbonyl (C=O) groups is 1. The number of aliphatic hydroxyl groups is 7. The number of unbranched alkanes of at least 4 members (excludes halogenated alkanes) is 16. The molecule has 13 nitrogen and oxygen atoms in total. The first-order valence-electron chi connectivity index (χ1n) is 19.9. The van der Waals surface area contributed by atoms with Gasteiger partial charge in [-0.2, -0.15) is 0 Å². The Morgan fingerprint density at radius 3 is 1.63 bits per heavy atom. The largest absolute Gasteiger partial charge is 0.472 e. The van der Waals surface area contributed by atoms with Crippen molar-refractivity contribution in [3.8, 4) is 0 Å². The molecule has 0 aliphatic heterocycles. The molecule has 8 atom stereocenters. The van der Waals surface area contributed by atoms with E-state index in [1.54, 1.807) is 6.08 Å². The highest BCUT2D eigenvalue weighted by atomic mass is 31.2. The first kappa shape index (κ1) is 48.8. The Morgan fingerprint density at radius 1 is 0.673 bits per heavy atom. The maximum atomic E-state index is 12.9. The Morgan fingerprint density at radius 2 is 1.12 bits per heavy atom. The van der Waals surface area contributed by atoms with Crippen molar-refractivity contribution >= 4 is 13.7 Å². The zero-order valence-corrected chi connectivity index (χ0v) is 32.6. The van der Waals surface area contributed by atoms with E-state index in [1.165, 1.54) is 76.7 Å². The van der Waals surface area contributed by atoms with Crippen LogP contribution in [0, 0.1) is 0 Å². The third-order valence-corrected chi connectivity index (χ3v) is 10.5. The maximum absolute atomic E-state index is 12.9. The summed E-state index contributed by atoms with van der Waals surface area (Å²) < 4.78 is 22.7. The van der Waals surface area contributed by atoms with Gasteiger partial charge in [-0.05, 0) is 44.9 Å². The molecule has 1 fully saturated rings. The van der Waals surface area contributed by atoms with E-state index < -0.39 is 75.2 Å². The second-order valence-corrected chi connectivity index (χ2v) is 15.7. The lowest BCUT2D eigenvalue weighted by atomic mass is 9.85. The van der Waals surface area contributed by atoms with Crippen LogP contribution in [-0.2, 0) is 18.4 Å². The van der Waals surface area contributed by atoms with Crippen LogP contribution in [0.2, 0.25) is 0 Å². The van der Waals surface area contributed by atoms with Crippen LogP contribution in [-0.4, -0.2) is 108 Å². The highest BCUT2D eigenvalue weighted by Crippen LogP contribution is 2.47. The molecule has 0 bridgehead atoms. The van der Waals surface area contributed by atoms with Crippen molar-refractivity contribution in [2.75, 3.05) is 6.61 Å². The molecule has 0 spiro atoms. The van der Waals surface area contributed by atoms with Crippen LogP contribution in [0.1, 0.15) is 149 Å². The van der Waals surface area contributed by atoms with Crippen LogP contribution >= 0.6 is 7.82 Å². The summed E-state index contributed by atoms with van der Waals surface area (Å²) in [4.78, 5) is 23.2. The number of aliphatic hydroxyl groups excluding tert-OH is 7. The van der Waals surface area contributed by atoms with E-state index in [9.17, 15) is 50.0 Å².